The van der Waals surface area contributed by atoms with Gasteiger partial charge in [-0.1, -0.05) is 0 Å². The van der Waals surface area contributed by atoms with E-state index in [0.29, 0.717) is 0 Å². The van der Waals surface area contributed by atoms with Gasteiger partial charge in [-0.05, 0) is 0 Å². The second-order valence-corrected chi connectivity index (χ2v) is 2.72. The van der Waals surface area contributed by atoms with Crippen molar-refractivity contribution in [1.29, 1.82) is 0 Å². The van der Waals surface area contributed by atoms with Crippen LogP contribution in [0.1, 0.15) is 0 Å². The minimum Gasteiger partial charge on any atom is -0.438 e. The zero-order valence-corrected chi connectivity index (χ0v) is 10.2. The molecule has 0 amide bonds. The number of carbonyl (C=O) groups excluding carboxylic acids is 3. The molecule has 0 aliphatic carbocycles. The number of ether oxygens (including phenoxy) is 6. The van der Waals surface area contributed by atoms with E-state index in [9.17, 15) is 14.4 Å². The van der Waals surface area contributed by atoms with E-state index in [1.165, 1.54) is 0 Å². The summed E-state index contributed by atoms with van der Waals surface area (Å²) in [6.45, 7) is -0.725. The number of hydrogen-bond donors (Lipinski definition) is 0. The molecule has 0 saturated heterocycles. The third-order valence-electron chi connectivity index (χ3n) is 1.54. The summed E-state index contributed by atoms with van der Waals surface area (Å²) in [6.07, 6.45) is -3.98. The summed E-state index contributed by atoms with van der Waals surface area (Å²) in [5.41, 5.74) is 0. The van der Waals surface area contributed by atoms with Crippen LogP contribution in [0.2, 0.25) is 0 Å². The third kappa shape index (κ3) is 7.14. The minimum atomic E-state index is -1.03. The summed E-state index contributed by atoms with van der Waals surface area (Å²) in [5.74, 6) is 0. The maximum atomic E-state index is 10.9. The number of methoxy groups -OCH3 is 3. The molecule has 0 atom stereocenters. The molecule has 0 aliphatic heterocycles. The van der Waals surface area contributed by atoms with Gasteiger partial charge in [-0.2, -0.15) is 0 Å². The zero-order chi connectivity index (χ0) is 14.0. The molecule has 0 heterocycles. The Balaban J connectivity index is 4.19. The van der Waals surface area contributed by atoms with E-state index in [1.54, 1.807) is 0 Å². The lowest BCUT2D eigenvalue weighted by Gasteiger charge is -2.16. The normalized spacial score (nSPS) is 9.33. The van der Waals surface area contributed by atoms with Crippen LogP contribution in [0.3, 0.4) is 0 Å². The molecule has 104 valence electrons. The number of hydrogen-bond acceptors (Lipinski definition) is 9. The Kier molecular flexibility index (Phi) is 7.82. The second kappa shape index (κ2) is 8.90. The van der Waals surface area contributed by atoms with Crippen LogP contribution in [0.5, 0.6) is 0 Å². The predicted octanol–water partition coefficient (Wildman–Crippen LogP) is 0.704. The van der Waals surface area contributed by atoms with Gasteiger partial charge in [0.05, 0.1) is 21.3 Å². The summed E-state index contributed by atoms with van der Waals surface area (Å²) in [6, 6.07) is 0. The van der Waals surface area contributed by atoms with Gasteiger partial charge in [0.25, 0.3) is 0 Å². The van der Waals surface area contributed by atoms with Gasteiger partial charge in [0.2, 0.25) is 0 Å². The quantitative estimate of drug-likeness (QED) is 0.524. The number of rotatable bonds is 5. The third-order valence-corrected chi connectivity index (χ3v) is 1.54. The standard InChI is InChI=1S/C9H14O9/c1-13-7(10)16-4-6(18-9(12)15-3)5-17-8(11)14-2/h6H,4-5H2,1-3H3. The van der Waals surface area contributed by atoms with Crippen molar-refractivity contribution in [1.82, 2.24) is 0 Å². The lowest BCUT2D eigenvalue weighted by Crippen LogP contribution is -2.30. The Morgan fingerprint density at radius 1 is 0.778 bits per heavy atom. The molecular formula is C9H14O9. The van der Waals surface area contributed by atoms with Crippen LogP contribution in [0.15, 0.2) is 0 Å². The largest absolute Gasteiger partial charge is 0.508 e. The SMILES string of the molecule is COC(=O)OCC(COC(=O)OC)OC(=O)OC. The van der Waals surface area contributed by atoms with Crippen molar-refractivity contribution < 1.29 is 42.8 Å². The first-order valence-corrected chi connectivity index (χ1v) is 4.69. The highest BCUT2D eigenvalue weighted by Gasteiger charge is 2.20. The lowest BCUT2D eigenvalue weighted by atomic mass is 10.4. The Labute approximate surface area is 103 Å². The summed E-state index contributed by atoms with van der Waals surface area (Å²) < 4.78 is 26.4. The molecule has 0 fully saturated rings. The molecule has 9 nitrogen and oxygen atoms in total. The average molecular weight is 266 g/mol. The molecule has 0 N–H and O–H groups in total. The van der Waals surface area contributed by atoms with Gasteiger partial charge in [0.15, 0.2) is 6.10 Å². The second-order valence-electron chi connectivity index (χ2n) is 2.72. The molecule has 0 saturated carbocycles. The molecule has 0 aromatic carbocycles. The van der Waals surface area contributed by atoms with Crippen LogP contribution in [-0.2, 0) is 28.4 Å². The summed E-state index contributed by atoms with van der Waals surface area (Å²) >= 11 is 0. The van der Waals surface area contributed by atoms with E-state index < -0.39 is 24.6 Å². The van der Waals surface area contributed by atoms with Gasteiger partial charge >= 0.3 is 18.5 Å². The van der Waals surface area contributed by atoms with Crippen molar-refractivity contribution in [3.63, 3.8) is 0 Å². The predicted molar refractivity (Wildman–Crippen MR) is 54.0 cm³/mol. The van der Waals surface area contributed by atoms with Gasteiger partial charge in [-0.15, -0.1) is 0 Å². The van der Waals surface area contributed by atoms with Crippen molar-refractivity contribution in [2.45, 2.75) is 6.10 Å². The Bertz CT molecular complexity index is 268. The topological polar surface area (TPSA) is 107 Å². The summed E-state index contributed by atoms with van der Waals surface area (Å²) in [5, 5.41) is 0. The van der Waals surface area contributed by atoms with E-state index >= 15 is 0 Å². The molecule has 0 bridgehead atoms. The first-order valence-electron chi connectivity index (χ1n) is 4.69. The van der Waals surface area contributed by atoms with E-state index in [1.807, 2.05) is 0 Å². The van der Waals surface area contributed by atoms with Gasteiger partial charge in [-0.25, -0.2) is 14.4 Å². The maximum Gasteiger partial charge on any atom is 0.508 e. The van der Waals surface area contributed by atoms with Crippen LogP contribution in [0, 0.1) is 0 Å². The average Bonchev–Trinajstić information content (AvgIpc) is 2.40. The first-order chi connectivity index (χ1) is 8.53. The van der Waals surface area contributed by atoms with Gasteiger partial charge in [-0.3, -0.25) is 0 Å². The smallest absolute Gasteiger partial charge is 0.438 e. The van der Waals surface area contributed by atoms with E-state index in [0.717, 1.165) is 21.3 Å². The molecule has 0 unspecified atom stereocenters. The molecule has 0 aromatic heterocycles. The fourth-order valence-corrected chi connectivity index (χ4v) is 0.740. The molecule has 0 aliphatic rings. The van der Waals surface area contributed by atoms with Crippen molar-refractivity contribution in [3.05, 3.63) is 0 Å². The van der Waals surface area contributed by atoms with Gasteiger partial charge in [0, 0.05) is 0 Å². The highest BCUT2D eigenvalue weighted by molar-refractivity contribution is 5.61. The van der Waals surface area contributed by atoms with Crippen LogP contribution in [0.4, 0.5) is 14.4 Å². The Morgan fingerprint density at radius 3 is 1.50 bits per heavy atom. The van der Waals surface area contributed by atoms with Crippen LogP contribution in [0.25, 0.3) is 0 Å². The van der Waals surface area contributed by atoms with Gasteiger partial charge < -0.3 is 28.4 Å². The molecule has 9 heteroatoms. The van der Waals surface area contributed by atoms with Crippen molar-refractivity contribution in [2.24, 2.45) is 0 Å². The fourth-order valence-electron chi connectivity index (χ4n) is 0.740. The molecule has 18 heavy (non-hydrogen) atoms. The van der Waals surface area contributed by atoms with Gasteiger partial charge in [0.1, 0.15) is 13.2 Å². The Hall–Kier alpha value is -2.19. The first kappa shape index (κ1) is 15.8. The molecule has 0 spiro atoms. The van der Waals surface area contributed by atoms with E-state index in [4.69, 9.17) is 0 Å². The van der Waals surface area contributed by atoms with E-state index in [2.05, 4.69) is 28.4 Å². The molecule has 0 aromatic rings. The lowest BCUT2D eigenvalue weighted by molar-refractivity contribution is -0.0368. The maximum absolute atomic E-state index is 10.9. The molecule has 0 rings (SSSR count). The van der Waals surface area contributed by atoms with Crippen LogP contribution in [-0.4, -0.2) is 59.1 Å². The van der Waals surface area contributed by atoms with E-state index in [-0.39, 0.29) is 13.2 Å². The zero-order valence-electron chi connectivity index (χ0n) is 10.2. The van der Waals surface area contributed by atoms with Crippen molar-refractivity contribution in [3.8, 4) is 0 Å². The molecular weight excluding hydrogens is 252 g/mol. The Morgan fingerprint density at radius 2 is 1.17 bits per heavy atom. The summed E-state index contributed by atoms with van der Waals surface area (Å²) in [4.78, 5) is 32.3. The van der Waals surface area contributed by atoms with Crippen molar-refractivity contribution >= 4 is 18.5 Å². The van der Waals surface area contributed by atoms with Crippen LogP contribution >= 0.6 is 0 Å². The highest BCUT2D eigenvalue weighted by atomic mass is 16.8. The fraction of sp³-hybridized carbons (Fsp3) is 0.667. The highest BCUT2D eigenvalue weighted by Crippen LogP contribution is 2.00. The minimum absolute atomic E-state index is 0.362. The van der Waals surface area contributed by atoms with Crippen LogP contribution < -0.4 is 0 Å². The number of carbonyl (C=O) groups is 3. The van der Waals surface area contributed by atoms with Crippen molar-refractivity contribution in [2.75, 3.05) is 34.5 Å². The summed E-state index contributed by atoms with van der Waals surface area (Å²) in [7, 11) is 3.33. The molecule has 0 radical (unpaired) electrons. The monoisotopic (exact) mass is 266 g/mol.